The number of imidazole rings is 1. The molecule has 22 heavy (non-hydrogen) atoms. The van der Waals surface area contributed by atoms with Crippen LogP contribution in [0.2, 0.25) is 0 Å². The number of aromatic nitrogens is 2. The number of hydrogen-bond acceptors (Lipinski definition) is 4. The van der Waals surface area contributed by atoms with E-state index in [0.717, 1.165) is 37.2 Å². The molecule has 2 aromatic rings. The van der Waals surface area contributed by atoms with Gasteiger partial charge in [0.05, 0.1) is 23.8 Å². The van der Waals surface area contributed by atoms with Crippen LogP contribution in [-0.2, 0) is 4.84 Å². The van der Waals surface area contributed by atoms with Gasteiger partial charge in [-0.1, -0.05) is 24.8 Å². The minimum atomic E-state index is -0.300. The molecule has 1 aliphatic rings. The number of piperidine rings is 1. The van der Waals surface area contributed by atoms with Crippen molar-refractivity contribution in [1.29, 1.82) is 0 Å². The Morgan fingerprint density at radius 2 is 2.00 bits per heavy atom. The first-order valence-electron chi connectivity index (χ1n) is 7.44. The lowest BCUT2D eigenvalue weighted by molar-refractivity contribution is -0.123. The summed E-state index contributed by atoms with van der Waals surface area (Å²) < 4.78 is 0. The monoisotopic (exact) mass is 297 g/mol. The number of nitrogens with one attached hydrogen (secondary N) is 1. The van der Waals surface area contributed by atoms with Crippen LogP contribution < -0.4 is 0 Å². The fourth-order valence-electron chi connectivity index (χ4n) is 2.69. The van der Waals surface area contributed by atoms with Crippen LogP contribution in [0.1, 0.15) is 28.9 Å². The number of hydrogen-bond donors (Lipinski definition) is 1. The second kappa shape index (κ2) is 6.58. The fourth-order valence-corrected chi connectivity index (χ4v) is 2.69. The van der Waals surface area contributed by atoms with Gasteiger partial charge in [-0.25, -0.2) is 9.78 Å². The van der Waals surface area contributed by atoms with Gasteiger partial charge in [0, 0.05) is 13.1 Å². The predicted octanol–water partition coefficient (Wildman–Crippen LogP) is 2.91. The first-order chi connectivity index (χ1) is 10.7. The Kier molecular flexibility index (Phi) is 4.34. The smallest absolute Gasteiger partial charge is 0.357 e. The molecular formula is C17H19N3O2. The van der Waals surface area contributed by atoms with E-state index in [1.54, 1.807) is 29.7 Å². The molecule has 5 heteroatoms. The Balaban J connectivity index is 1.52. The number of nitrogens with zero attached hydrogens (tertiary/aromatic N) is 2. The highest BCUT2D eigenvalue weighted by molar-refractivity contribution is 5.89. The minimum absolute atomic E-state index is 0.300. The summed E-state index contributed by atoms with van der Waals surface area (Å²) in [6.45, 7) is 5.59. The number of carbonyl (C=O) groups is 1. The van der Waals surface area contributed by atoms with E-state index in [1.807, 2.05) is 18.2 Å². The average Bonchev–Trinajstić information content (AvgIpc) is 3.10. The third-order valence-corrected chi connectivity index (χ3v) is 4.01. The van der Waals surface area contributed by atoms with Gasteiger partial charge >= 0.3 is 5.97 Å². The molecule has 2 heterocycles. The highest BCUT2D eigenvalue weighted by Crippen LogP contribution is 2.29. The van der Waals surface area contributed by atoms with Crippen molar-refractivity contribution in [2.45, 2.75) is 12.8 Å². The Labute approximate surface area is 129 Å². The fraction of sp³-hybridized carbons (Fsp3) is 0.294. The summed E-state index contributed by atoms with van der Waals surface area (Å²) >= 11 is 0. The van der Waals surface area contributed by atoms with Gasteiger partial charge in [0.15, 0.2) is 0 Å². The second-order valence-corrected chi connectivity index (χ2v) is 5.44. The molecule has 5 nitrogen and oxygen atoms in total. The average molecular weight is 297 g/mol. The third kappa shape index (κ3) is 3.26. The molecule has 0 bridgehead atoms. The normalized spacial score (nSPS) is 16.4. The Morgan fingerprint density at radius 1 is 1.27 bits per heavy atom. The van der Waals surface area contributed by atoms with E-state index < -0.39 is 0 Å². The molecule has 0 aliphatic carbocycles. The summed E-state index contributed by atoms with van der Waals surface area (Å²) in [6.07, 6.45) is 5.29. The van der Waals surface area contributed by atoms with Crippen molar-refractivity contribution >= 4 is 11.5 Å². The SMILES string of the molecule is C=C(c1cnc[nH]1)C1CCN(OC(=O)c2ccccc2)CC1. The standard InChI is InChI=1S/C17H19N3O2/c1-13(16-11-18-12-19-16)14-7-9-20(10-8-14)22-17(21)15-5-3-2-4-6-15/h2-6,11-12,14H,1,7-10H2,(H,18,19). The molecule has 1 fully saturated rings. The van der Waals surface area contributed by atoms with Crippen LogP contribution >= 0.6 is 0 Å². The quantitative estimate of drug-likeness (QED) is 0.942. The molecule has 0 amide bonds. The van der Waals surface area contributed by atoms with E-state index in [2.05, 4.69) is 16.5 Å². The van der Waals surface area contributed by atoms with Crippen LogP contribution in [0.3, 0.4) is 0 Å². The maximum Gasteiger partial charge on any atom is 0.357 e. The van der Waals surface area contributed by atoms with Crippen molar-refractivity contribution < 1.29 is 9.63 Å². The number of carbonyl (C=O) groups excluding carboxylic acids is 1. The summed E-state index contributed by atoms with van der Waals surface area (Å²) in [6, 6.07) is 9.06. The van der Waals surface area contributed by atoms with E-state index in [9.17, 15) is 4.79 Å². The molecule has 0 spiro atoms. The van der Waals surface area contributed by atoms with E-state index in [-0.39, 0.29) is 5.97 Å². The van der Waals surface area contributed by atoms with E-state index >= 15 is 0 Å². The number of benzene rings is 1. The Bertz CT molecular complexity index is 629. The third-order valence-electron chi connectivity index (χ3n) is 4.01. The van der Waals surface area contributed by atoms with Crippen molar-refractivity contribution in [2.24, 2.45) is 5.92 Å². The number of H-pyrrole nitrogens is 1. The molecule has 1 saturated heterocycles. The van der Waals surface area contributed by atoms with Gasteiger partial charge in [0.25, 0.3) is 0 Å². The topological polar surface area (TPSA) is 58.2 Å². The van der Waals surface area contributed by atoms with Gasteiger partial charge in [0.2, 0.25) is 0 Å². The molecule has 114 valence electrons. The molecule has 1 aliphatic heterocycles. The van der Waals surface area contributed by atoms with Crippen molar-refractivity contribution in [2.75, 3.05) is 13.1 Å². The minimum Gasteiger partial charge on any atom is -0.364 e. The lowest BCUT2D eigenvalue weighted by Crippen LogP contribution is -2.35. The van der Waals surface area contributed by atoms with Crippen LogP contribution in [0.5, 0.6) is 0 Å². The Morgan fingerprint density at radius 3 is 2.64 bits per heavy atom. The predicted molar refractivity (Wildman–Crippen MR) is 83.8 cm³/mol. The van der Waals surface area contributed by atoms with E-state index in [4.69, 9.17) is 4.84 Å². The summed E-state index contributed by atoms with van der Waals surface area (Å²) in [7, 11) is 0. The summed E-state index contributed by atoms with van der Waals surface area (Å²) in [5.41, 5.74) is 2.64. The van der Waals surface area contributed by atoms with Gasteiger partial charge in [-0.05, 0) is 36.5 Å². The van der Waals surface area contributed by atoms with E-state index in [1.165, 1.54) is 0 Å². The number of hydroxylamine groups is 2. The van der Waals surface area contributed by atoms with Gasteiger partial charge in [-0.15, -0.1) is 5.06 Å². The van der Waals surface area contributed by atoms with Crippen LogP contribution in [-0.4, -0.2) is 34.1 Å². The first-order valence-corrected chi connectivity index (χ1v) is 7.44. The highest BCUT2D eigenvalue weighted by Gasteiger charge is 2.25. The molecule has 0 radical (unpaired) electrons. The second-order valence-electron chi connectivity index (χ2n) is 5.44. The van der Waals surface area contributed by atoms with E-state index in [0.29, 0.717) is 11.5 Å². The highest BCUT2D eigenvalue weighted by atomic mass is 16.7. The zero-order valence-corrected chi connectivity index (χ0v) is 12.4. The molecule has 0 saturated carbocycles. The van der Waals surface area contributed by atoms with Crippen LogP contribution in [0.4, 0.5) is 0 Å². The molecule has 0 unspecified atom stereocenters. The van der Waals surface area contributed by atoms with Gasteiger partial charge in [-0.3, -0.25) is 0 Å². The molecule has 1 aromatic carbocycles. The van der Waals surface area contributed by atoms with Gasteiger partial charge in [-0.2, -0.15) is 0 Å². The molecule has 1 aromatic heterocycles. The van der Waals surface area contributed by atoms with Crippen LogP contribution in [0, 0.1) is 5.92 Å². The molecule has 0 atom stereocenters. The number of allylic oxidation sites excluding steroid dienone is 1. The zero-order chi connectivity index (χ0) is 15.4. The molecule has 3 rings (SSSR count). The van der Waals surface area contributed by atoms with Gasteiger partial charge in [0.1, 0.15) is 0 Å². The van der Waals surface area contributed by atoms with Crippen molar-refractivity contribution in [3.63, 3.8) is 0 Å². The first kappa shape index (κ1) is 14.5. The lowest BCUT2D eigenvalue weighted by atomic mass is 9.89. The van der Waals surface area contributed by atoms with Gasteiger partial charge < -0.3 is 9.82 Å². The maximum absolute atomic E-state index is 12.0. The largest absolute Gasteiger partial charge is 0.364 e. The van der Waals surface area contributed by atoms with Crippen molar-refractivity contribution in [3.8, 4) is 0 Å². The molecular weight excluding hydrogens is 278 g/mol. The summed E-state index contributed by atoms with van der Waals surface area (Å²) in [5.74, 6) is 0.0959. The maximum atomic E-state index is 12.0. The zero-order valence-electron chi connectivity index (χ0n) is 12.4. The Hall–Kier alpha value is -2.40. The molecule has 1 N–H and O–H groups in total. The summed E-state index contributed by atoms with van der Waals surface area (Å²) in [5, 5.41) is 1.74. The van der Waals surface area contributed by atoms with Crippen LogP contribution in [0.15, 0.2) is 49.4 Å². The lowest BCUT2D eigenvalue weighted by Gasteiger charge is -2.31. The van der Waals surface area contributed by atoms with Crippen molar-refractivity contribution in [1.82, 2.24) is 15.0 Å². The van der Waals surface area contributed by atoms with Crippen molar-refractivity contribution in [3.05, 3.63) is 60.7 Å². The summed E-state index contributed by atoms with van der Waals surface area (Å²) in [4.78, 5) is 24.6. The van der Waals surface area contributed by atoms with Crippen LogP contribution in [0.25, 0.3) is 5.57 Å². The number of rotatable bonds is 4. The number of aromatic amines is 1.